The number of para-hydroxylation sites is 1. The van der Waals surface area contributed by atoms with Gasteiger partial charge in [0, 0.05) is 16.6 Å². The standard InChI is InChI=1S/C22H18FN3O2S/c1-13-5-3-4-6-18(13)25-20(27)14(2)26-12-24-21-19(22(26)28)17(11-29-21)15-7-9-16(23)10-8-15/h3-12,14H,1-2H3,(H,25,27)/t14-/m1/s1. The molecule has 0 unspecified atom stereocenters. The summed E-state index contributed by atoms with van der Waals surface area (Å²) in [5.41, 5.74) is 2.75. The molecule has 0 saturated carbocycles. The van der Waals surface area contributed by atoms with Crippen LogP contribution in [-0.4, -0.2) is 15.5 Å². The number of carbonyl (C=O) groups excluding carboxylic acids is 1. The van der Waals surface area contributed by atoms with Gasteiger partial charge in [-0.15, -0.1) is 11.3 Å². The monoisotopic (exact) mass is 407 g/mol. The first kappa shape index (κ1) is 19.0. The first-order valence-corrected chi connectivity index (χ1v) is 9.94. The highest BCUT2D eigenvalue weighted by atomic mass is 32.1. The van der Waals surface area contributed by atoms with E-state index in [2.05, 4.69) is 10.3 Å². The van der Waals surface area contributed by atoms with Crippen LogP contribution in [0.15, 0.2) is 65.0 Å². The zero-order chi connectivity index (χ0) is 20.5. The Kier molecular flexibility index (Phi) is 4.98. The molecule has 0 bridgehead atoms. The van der Waals surface area contributed by atoms with Crippen molar-refractivity contribution in [1.29, 1.82) is 0 Å². The fourth-order valence-electron chi connectivity index (χ4n) is 3.14. The summed E-state index contributed by atoms with van der Waals surface area (Å²) in [6.45, 7) is 3.56. The van der Waals surface area contributed by atoms with E-state index in [-0.39, 0.29) is 17.3 Å². The average molecular weight is 407 g/mol. The molecule has 0 spiro atoms. The zero-order valence-electron chi connectivity index (χ0n) is 15.8. The molecule has 146 valence electrons. The van der Waals surface area contributed by atoms with Crippen LogP contribution in [0, 0.1) is 12.7 Å². The number of nitrogens with one attached hydrogen (secondary N) is 1. The number of anilines is 1. The molecule has 1 amide bonds. The number of thiophene rings is 1. The molecule has 4 rings (SSSR count). The number of halogens is 1. The zero-order valence-corrected chi connectivity index (χ0v) is 16.7. The van der Waals surface area contributed by atoms with Crippen molar-refractivity contribution in [2.24, 2.45) is 0 Å². The van der Waals surface area contributed by atoms with Gasteiger partial charge < -0.3 is 5.32 Å². The maximum absolute atomic E-state index is 13.3. The fourth-order valence-corrected chi connectivity index (χ4v) is 4.05. The second-order valence-electron chi connectivity index (χ2n) is 6.77. The van der Waals surface area contributed by atoms with Crippen LogP contribution in [0.25, 0.3) is 21.3 Å². The van der Waals surface area contributed by atoms with Crippen molar-refractivity contribution in [1.82, 2.24) is 9.55 Å². The lowest BCUT2D eigenvalue weighted by Crippen LogP contribution is -2.31. The van der Waals surface area contributed by atoms with Crippen molar-refractivity contribution < 1.29 is 9.18 Å². The van der Waals surface area contributed by atoms with Crippen LogP contribution < -0.4 is 10.9 Å². The molecule has 2 heterocycles. The smallest absolute Gasteiger partial charge is 0.263 e. The number of carbonyl (C=O) groups is 1. The lowest BCUT2D eigenvalue weighted by Gasteiger charge is -2.16. The minimum Gasteiger partial charge on any atom is -0.324 e. The molecule has 0 aliphatic heterocycles. The average Bonchev–Trinajstić information content (AvgIpc) is 3.15. The predicted molar refractivity (Wildman–Crippen MR) is 114 cm³/mol. The van der Waals surface area contributed by atoms with E-state index in [4.69, 9.17) is 0 Å². The van der Waals surface area contributed by atoms with E-state index < -0.39 is 6.04 Å². The molecule has 1 N–H and O–H groups in total. The maximum Gasteiger partial charge on any atom is 0.263 e. The van der Waals surface area contributed by atoms with Crippen LogP contribution in [0.5, 0.6) is 0 Å². The molecule has 7 heteroatoms. The second kappa shape index (κ2) is 7.60. The van der Waals surface area contributed by atoms with E-state index in [1.807, 2.05) is 36.6 Å². The summed E-state index contributed by atoms with van der Waals surface area (Å²) >= 11 is 1.34. The van der Waals surface area contributed by atoms with Crippen molar-refractivity contribution in [2.45, 2.75) is 19.9 Å². The van der Waals surface area contributed by atoms with Crippen LogP contribution in [0.2, 0.25) is 0 Å². The lowest BCUT2D eigenvalue weighted by molar-refractivity contribution is -0.118. The minimum atomic E-state index is -0.750. The number of aryl methyl sites for hydroxylation is 1. The molecule has 0 saturated heterocycles. The second-order valence-corrected chi connectivity index (χ2v) is 7.63. The summed E-state index contributed by atoms with van der Waals surface area (Å²) in [5, 5.41) is 5.12. The molecule has 29 heavy (non-hydrogen) atoms. The number of hydrogen-bond donors (Lipinski definition) is 1. The van der Waals surface area contributed by atoms with Crippen molar-refractivity contribution in [3.63, 3.8) is 0 Å². The molecule has 0 aliphatic carbocycles. The van der Waals surface area contributed by atoms with Gasteiger partial charge >= 0.3 is 0 Å². The molecule has 4 aromatic rings. The van der Waals surface area contributed by atoms with E-state index >= 15 is 0 Å². The number of amides is 1. The molecule has 0 aliphatic rings. The summed E-state index contributed by atoms with van der Waals surface area (Å²) in [6.07, 6.45) is 1.40. The summed E-state index contributed by atoms with van der Waals surface area (Å²) in [6, 6.07) is 12.7. The summed E-state index contributed by atoms with van der Waals surface area (Å²) < 4.78 is 14.6. The third kappa shape index (κ3) is 3.56. The topological polar surface area (TPSA) is 64.0 Å². The minimum absolute atomic E-state index is 0.303. The fraction of sp³-hybridized carbons (Fsp3) is 0.136. The molecule has 0 fully saturated rings. The van der Waals surface area contributed by atoms with Crippen molar-refractivity contribution in [3.8, 4) is 11.1 Å². The number of hydrogen-bond acceptors (Lipinski definition) is 4. The molecule has 5 nitrogen and oxygen atoms in total. The quantitative estimate of drug-likeness (QED) is 0.530. The van der Waals surface area contributed by atoms with Crippen LogP contribution in [0.4, 0.5) is 10.1 Å². The normalized spacial score (nSPS) is 12.1. The van der Waals surface area contributed by atoms with Crippen LogP contribution in [0.3, 0.4) is 0 Å². The first-order chi connectivity index (χ1) is 14.0. The lowest BCUT2D eigenvalue weighted by atomic mass is 10.1. The first-order valence-electron chi connectivity index (χ1n) is 9.06. The van der Waals surface area contributed by atoms with E-state index in [1.54, 1.807) is 19.1 Å². The SMILES string of the molecule is Cc1ccccc1NC(=O)[C@@H](C)n1cnc2scc(-c3ccc(F)cc3)c2c1=O. The molecular weight excluding hydrogens is 389 g/mol. The van der Waals surface area contributed by atoms with Crippen LogP contribution in [-0.2, 0) is 4.79 Å². The third-order valence-corrected chi connectivity index (χ3v) is 5.76. The Morgan fingerprint density at radius 2 is 1.90 bits per heavy atom. The molecule has 0 radical (unpaired) electrons. The Balaban J connectivity index is 1.72. The Hall–Kier alpha value is -3.32. The van der Waals surface area contributed by atoms with E-state index in [9.17, 15) is 14.0 Å². The Bertz CT molecular complexity index is 1260. The highest BCUT2D eigenvalue weighted by molar-refractivity contribution is 7.17. The van der Waals surface area contributed by atoms with Crippen LogP contribution >= 0.6 is 11.3 Å². The Labute approximate surface area is 170 Å². The number of aromatic nitrogens is 2. The maximum atomic E-state index is 13.3. The van der Waals surface area contributed by atoms with E-state index in [0.717, 1.165) is 11.1 Å². The van der Waals surface area contributed by atoms with Gasteiger partial charge in [0.15, 0.2) is 0 Å². The molecule has 2 aromatic carbocycles. The largest absolute Gasteiger partial charge is 0.324 e. The number of nitrogens with zero attached hydrogens (tertiary/aromatic N) is 2. The van der Waals surface area contributed by atoms with Gasteiger partial charge in [0.25, 0.3) is 5.56 Å². The predicted octanol–water partition coefficient (Wildman–Crippen LogP) is 4.77. The van der Waals surface area contributed by atoms with Gasteiger partial charge in [-0.05, 0) is 43.2 Å². The van der Waals surface area contributed by atoms with Crippen LogP contribution in [0.1, 0.15) is 18.5 Å². The van der Waals surface area contributed by atoms with Gasteiger partial charge in [0.1, 0.15) is 16.7 Å². The summed E-state index contributed by atoms with van der Waals surface area (Å²) in [4.78, 5) is 30.9. The van der Waals surface area contributed by atoms with Crippen molar-refractivity contribution in [2.75, 3.05) is 5.32 Å². The molecule has 2 aromatic heterocycles. The molecule has 1 atom stereocenters. The van der Waals surface area contributed by atoms with Gasteiger partial charge in [0.2, 0.25) is 5.91 Å². The van der Waals surface area contributed by atoms with E-state index in [0.29, 0.717) is 21.5 Å². The Morgan fingerprint density at radius 1 is 1.17 bits per heavy atom. The van der Waals surface area contributed by atoms with E-state index in [1.165, 1.54) is 34.4 Å². The number of fused-ring (bicyclic) bond motifs is 1. The van der Waals surface area contributed by atoms with Crippen molar-refractivity contribution in [3.05, 3.63) is 82.0 Å². The highest BCUT2D eigenvalue weighted by Crippen LogP contribution is 2.31. The van der Waals surface area contributed by atoms with Crippen molar-refractivity contribution >= 4 is 33.1 Å². The number of benzene rings is 2. The third-order valence-electron chi connectivity index (χ3n) is 4.87. The summed E-state index contributed by atoms with van der Waals surface area (Å²) in [5.74, 6) is -0.647. The van der Waals surface area contributed by atoms with Gasteiger partial charge in [-0.3, -0.25) is 14.2 Å². The number of rotatable bonds is 4. The summed E-state index contributed by atoms with van der Waals surface area (Å²) in [7, 11) is 0. The Morgan fingerprint density at radius 3 is 2.62 bits per heavy atom. The van der Waals surface area contributed by atoms with Gasteiger partial charge in [-0.2, -0.15) is 0 Å². The van der Waals surface area contributed by atoms with Gasteiger partial charge in [0.05, 0.1) is 11.7 Å². The van der Waals surface area contributed by atoms with Gasteiger partial charge in [-0.25, -0.2) is 9.37 Å². The highest BCUT2D eigenvalue weighted by Gasteiger charge is 2.20. The van der Waals surface area contributed by atoms with Gasteiger partial charge in [-0.1, -0.05) is 30.3 Å². The molecular formula is C22H18FN3O2S.